The molecule has 6 aromatic rings. The lowest BCUT2D eigenvalue weighted by atomic mass is 9.78. The topological polar surface area (TPSA) is 62.1 Å². The van der Waals surface area contributed by atoms with E-state index in [2.05, 4.69) is 55.2 Å². The standard InChI is InChI=1S/C34H30N2O4S/c1-34(2,24-9-5-4-6-10-24)25-14-16-26(17-15-25)39-19-20-40-29-18-13-23(21-30(29)38-3)22-31-32(37)36-28-12-8-7-11-27(28)35-33(36)41-31/h4-18,21-22H,19-20H2,1-3H3/b31-22-. The lowest BCUT2D eigenvalue weighted by molar-refractivity contribution is 0.211. The highest BCUT2D eigenvalue weighted by molar-refractivity contribution is 7.15. The van der Waals surface area contributed by atoms with E-state index in [9.17, 15) is 4.79 Å². The molecule has 0 amide bonds. The lowest BCUT2D eigenvalue weighted by Gasteiger charge is -2.26. The van der Waals surface area contributed by atoms with Crippen molar-refractivity contribution in [3.05, 3.63) is 129 Å². The maximum absolute atomic E-state index is 13.1. The molecule has 4 aromatic carbocycles. The summed E-state index contributed by atoms with van der Waals surface area (Å²) in [6.45, 7) is 5.20. The first-order valence-electron chi connectivity index (χ1n) is 13.5. The fraction of sp³-hybridized carbons (Fsp3) is 0.176. The molecular weight excluding hydrogens is 532 g/mol. The van der Waals surface area contributed by atoms with E-state index in [1.807, 2.05) is 66.7 Å². The van der Waals surface area contributed by atoms with Gasteiger partial charge in [-0.2, -0.15) is 0 Å². The molecule has 0 atom stereocenters. The largest absolute Gasteiger partial charge is 0.493 e. The normalized spacial score (nSPS) is 12.2. The summed E-state index contributed by atoms with van der Waals surface area (Å²) in [5, 5.41) is 0. The van der Waals surface area contributed by atoms with Crippen LogP contribution in [0.4, 0.5) is 0 Å². The van der Waals surface area contributed by atoms with Crippen LogP contribution in [0.3, 0.4) is 0 Å². The van der Waals surface area contributed by atoms with Gasteiger partial charge in [0.1, 0.15) is 19.0 Å². The predicted octanol–water partition coefficient (Wildman–Crippen LogP) is 6.25. The first-order valence-corrected chi connectivity index (χ1v) is 14.3. The second-order valence-electron chi connectivity index (χ2n) is 10.3. The van der Waals surface area contributed by atoms with Crippen LogP contribution in [0.25, 0.3) is 22.1 Å². The van der Waals surface area contributed by atoms with Crippen molar-refractivity contribution in [3.8, 4) is 17.2 Å². The van der Waals surface area contributed by atoms with E-state index in [0.717, 1.165) is 22.3 Å². The molecule has 2 aromatic heterocycles. The van der Waals surface area contributed by atoms with Gasteiger partial charge in [-0.25, -0.2) is 9.38 Å². The summed E-state index contributed by atoms with van der Waals surface area (Å²) < 4.78 is 19.7. The fourth-order valence-electron chi connectivity index (χ4n) is 4.96. The summed E-state index contributed by atoms with van der Waals surface area (Å²) in [7, 11) is 1.60. The molecule has 0 radical (unpaired) electrons. The maximum atomic E-state index is 13.1. The Morgan fingerprint density at radius 1 is 0.829 bits per heavy atom. The third kappa shape index (κ3) is 5.28. The summed E-state index contributed by atoms with van der Waals surface area (Å²) in [4.78, 5) is 18.4. The monoisotopic (exact) mass is 562 g/mol. The molecule has 0 fully saturated rings. The van der Waals surface area contributed by atoms with Crippen LogP contribution in [-0.2, 0) is 5.41 Å². The number of methoxy groups -OCH3 is 1. The Bertz CT molecular complexity index is 1930. The number of para-hydroxylation sites is 2. The minimum atomic E-state index is -0.0958. The Kier molecular flexibility index (Phi) is 7.20. The number of thiazole rings is 1. The summed E-state index contributed by atoms with van der Waals surface area (Å²) in [5.74, 6) is 2.00. The maximum Gasteiger partial charge on any atom is 0.274 e. The molecule has 7 heteroatoms. The molecular formula is C34H30N2O4S. The van der Waals surface area contributed by atoms with Gasteiger partial charge >= 0.3 is 0 Å². The van der Waals surface area contributed by atoms with E-state index in [1.54, 1.807) is 11.5 Å². The number of hydrogen-bond acceptors (Lipinski definition) is 6. The van der Waals surface area contributed by atoms with Crippen LogP contribution in [0.15, 0.2) is 102 Å². The van der Waals surface area contributed by atoms with E-state index < -0.39 is 0 Å². The highest BCUT2D eigenvalue weighted by Crippen LogP contribution is 2.32. The number of fused-ring (bicyclic) bond motifs is 3. The zero-order valence-electron chi connectivity index (χ0n) is 23.2. The average Bonchev–Trinajstić information content (AvgIpc) is 3.52. The number of benzene rings is 4. The number of ether oxygens (including phenoxy) is 3. The molecule has 0 aliphatic heterocycles. The molecule has 0 saturated heterocycles. The van der Waals surface area contributed by atoms with Gasteiger partial charge in [0.05, 0.1) is 22.7 Å². The molecule has 0 spiro atoms. The van der Waals surface area contributed by atoms with Gasteiger partial charge in [-0.1, -0.05) is 85.8 Å². The van der Waals surface area contributed by atoms with Crippen molar-refractivity contribution in [3.63, 3.8) is 0 Å². The third-order valence-electron chi connectivity index (χ3n) is 7.31. The van der Waals surface area contributed by atoms with Crippen molar-refractivity contribution in [2.75, 3.05) is 20.3 Å². The Balaban J connectivity index is 1.10. The molecule has 0 aliphatic carbocycles. The van der Waals surface area contributed by atoms with Crippen molar-refractivity contribution in [1.29, 1.82) is 0 Å². The molecule has 0 N–H and O–H groups in total. The van der Waals surface area contributed by atoms with E-state index in [-0.39, 0.29) is 11.0 Å². The van der Waals surface area contributed by atoms with Crippen LogP contribution < -0.4 is 24.3 Å². The Labute approximate surface area is 242 Å². The third-order valence-corrected chi connectivity index (χ3v) is 8.28. The van der Waals surface area contributed by atoms with Gasteiger partial charge in [0.2, 0.25) is 0 Å². The number of imidazole rings is 1. The van der Waals surface area contributed by atoms with E-state index >= 15 is 0 Å². The SMILES string of the molecule is COc1cc(/C=c2\sc3nc4ccccc4n3c2=O)ccc1OCCOc1ccc(C(C)(C)c2ccccc2)cc1. The number of hydrogen-bond donors (Lipinski definition) is 0. The van der Waals surface area contributed by atoms with Crippen molar-refractivity contribution >= 4 is 33.4 Å². The van der Waals surface area contributed by atoms with Crippen molar-refractivity contribution in [1.82, 2.24) is 9.38 Å². The van der Waals surface area contributed by atoms with Crippen LogP contribution in [0.1, 0.15) is 30.5 Å². The first-order chi connectivity index (χ1) is 19.9. The molecule has 41 heavy (non-hydrogen) atoms. The summed E-state index contributed by atoms with van der Waals surface area (Å²) in [6.07, 6.45) is 1.86. The van der Waals surface area contributed by atoms with Gasteiger partial charge in [-0.3, -0.25) is 4.79 Å². The van der Waals surface area contributed by atoms with E-state index in [4.69, 9.17) is 14.2 Å². The smallest absolute Gasteiger partial charge is 0.274 e. The fourth-order valence-corrected chi connectivity index (χ4v) is 5.94. The van der Waals surface area contributed by atoms with Crippen LogP contribution >= 0.6 is 11.3 Å². The first kappa shape index (κ1) is 26.6. The number of nitrogens with zero attached hydrogens (tertiary/aromatic N) is 2. The summed E-state index contributed by atoms with van der Waals surface area (Å²) in [5.41, 5.74) is 4.80. The highest BCUT2D eigenvalue weighted by Gasteiger charge is 2.22. The van der Waals surface area contributed by atoms with Gasteiger partial charge < -0.3 is 14.2 Å². The second kappa shape index (κ2) is 11.1. The van der Waals surface area contributed by atoms with Crippen molar-refractivity contribution in [2.45, 2.75) is 19.3 Å². The summed E-state index contributed by atoms with van der Waals surface area (Å²) in [6, 6.07) is 32.0. The second-order valence-corrected chi connectivity index (χ2v) is 11.3. The quantitative estimate of drug-likeness (QED) is 0.195. The van der Waals surface area contributed by atoms with Crippen LogP contribution in [0.5, 0.6) is 17.2 Å². The van der Waals surface area contributed by atoms with Crippen LogP contribution in [-0.4, -0.2) is 29.7 Å². The van der Waals surface area contributed by atoms with Crippen molar-refractivity contribution < 1.29 is 14.2 Å². The number of aromatic nitrogens is 2. The van der Waals surface area contributed by atoms with E-state index in [1.165, 1.54) is 22.5 Å². The van der Waals surface area contributed by atoms with Gasteiger partial charge in [0, 0.05) is 5.41 Å². The average molecular weight is 563 g/mol. The van der Waals surface area contributed by atoms with Gasteiger partial charge in [0.15, 0.2) is 16.5 Å². The van der Waals surface area contributed by atoms with Crippen LogP contribution in [0, 0.1) is 0 Å². The minimum Gasteiger partial charge on any atom is -0.493 e. The highest BCUT2D eigenvalue weighted by atomic mass is 32.1. The molecule has 6 nitrogen and oxygen atoms in total. The Morgan fingerprint density at radius 2 is 1.54 bits per heavy atom. The molecule has 0 aliphatic rings. The Morgan fingerprint density at radius 3 is 2.32 bits per heavy atom. The molecule has 2 heterocycles. The molecule has 6 rings (SSSR count). The van der Waals surface area contributed by atoms with Gasteiger partial charge in [0.25, 0.3) is 5.56 Å². The lowest BCUT2D eigenvalue weighted by Crippen LogP contribution is -2.22. The zero-order valence-corrected chi connectivity index (χ0v) is 24.0. The summed E-state index contributed by atoms with van der Waals surface area (Å²) >= 11 is 1.37. The van der Waals surface area contributed by atoms with Crippen LogP contribution in [0.2, 0.25) is 0 Å². The van der Waals surface area contributed by atoms with E-state index in [0.29, 0.717) is 34.2 Å². The van der Waals surface area contributed by atoms with Crippen molar-refractivity contribution in [2.24, 2.45) is 0 Å². The number of rotatable bonds is 9. The predicted molar refractivity (Wildman–Crippen MR) is 165 cm³/mol. The Hall–Kier alpha value is -4.62. The van der Waals surface area contributed by atoms with Gasteiger partial charge in [-0.05, 0) is 59.2 Å². The van der Waals surface area contributed by atoms with Gasteiger partial charge in [-0.15, -0.1) is 0 Å². The molecule has 0 bridgehead atoms. The molecule has 206 valence electrons. The molecule has 0 unspecified atom stereocenters. The zero-order chi connectivity index (χ0) is 28.4. The minimum absolute atomic E-state index is 0.0770. The molecule has 0 saturated carbocycles.